The van der Waals surface area contributed by atoms with E-state index in [4.69, 9.17) is 10.5 Å². The quantitative estimate of drug-likeness (QED) is 0.815. The summed E-state index contributed by atoms with van der Waals surface area (Å²) >= 11 is 0. The lowest BCUT2D eigenvalue weighted by molar-refractivity contribution is -0.134. The van der Waals surface area contributed by atoms with Gasteiger partial charge in [-0.1, -0.05) is 0 Å². The minimum atomic E-state index is -2.61. The molecule has 1 fully saturated rings. The summed E-state index contributed by atoms with van der Waals surface area (Å²) in [5.41, 5.74) is 5.97. The second-order valence-electron chi connectivity index (χ2n) is 4.82. The van der Waals surface area contributed by atoms with Gasteiger partial charge in [0.15, 0.2) is 0 Å². The van der Waals surface area contributed by atoms with Crippen molar-refractivity contribution in [2.45, 2.75) is 12.8 Å². The summed E-state index contributed by atoms with van der Waals surface area (Å²) in [6.45, 7) is 2.57. The molecule has 5 nitrogen and oxygen atoms in total. The number of hydrogen-bond donors (Lipinski definition) is 2. The Labute approximate surface area is 122 Å². The molecule has 1 heterocycles. The van der Waals surface area contributed by atoms with E-state index in [0.717, 1.165) is 0 Å². The van der Waals surface area contributed by atoms with Crippen LogP contribution in [0.15, 0.2) is 18.2 Å². The van der Waals surface area contributed by atoms with Gasteiger partial charge in [-0.05, 0) is 18.2 Å². The fraction of sp³-hybridized carbons (Fsp3) is 0.500. The van der Waals surface area contributed by atoms with Gasteiger partial charge in [0, 0.05) is 43.0 Å². The normalized spacial score (nSPS) is 15.3. The topological polar surface area (TPSA) is 67.6 Å². The number of nitrogens with one attached hydrogen (secondary N) is 1. The van der Waals surface area contributed by atoms with E-state index in [2.05, 4.69) is 5.32 Å². The van der Waals surface area contributed by atoms with Crippen molar-refractivity contribution in [1.82, 2.24) is 4.90 Å². The van der Waals surface area contributed by atoms with Gasteiger partial charge in [0.25, 0.3) is 6.43 Å². The molecule has 21 heavy (non-hydrogen) atoms. The van der Waals surface area contributed by atoms with Crippen molar-refractivity contribution >= 4 is 17.3 Å². The molecule has 1 aromatic carbocycles. The van der Waals surface area contributed by atoms with E-state index in [-0.39, 0.29) is 17.9 Å². The molecule has 0 saturated carbocycles. The van der Waals surface area contributed by atoms with Gasteiger partial charge in [0.05, 0.1) is 13.2 Å². The predicted molar refractivity (Wildman–Crippen MR) is 76.3 cm³/mol. The van der Waals surface area contributed by atoms with Crippen LogP contribution in [0.1, 0.15) is 18.4 Å². The number of ether oxygens (including phenoxy) is 1. The standard InChI is InChI=1S/C14H19F2N3O2/c15-14(16)11-9-10(17)1-2-12(11)18-4-3-13(20)19-5-7-21-8-6-19/h1-2,9,14,18H,3-8,17H2. The van der Waals surface area contributed by atoms with Gasteiger partial charge in [-0.2, -0.15) is 0 Å². The highest BCUT2D eigenvalue weighted by Crippen LogP contribution is 2.28. The van der Waals surface area contributed by atoms with Crippen molar-refractivity contribution in [2.75, 3.05) is 43.9 Å². The molecule has 1 saturated heterocycles. The first-order valence-corrected chi connectivity index (χ1v) is 6.85. The smallest absolute Gasteiger partial charge is 0.265 e. The number of rotatable bonds is 5. The van der Waals surface area contributed by atoms with Gasteiger partial charge in [0.1, 0.15) is 0 Å². The number of halogens is 2. The number of benzene rings is 1. The largest absolute Gasteiger partial charge is 0.399 e. The molecule has 0 unspecified atom stereocenters. The minimum Gasteiger partial charge on any atom is -0.399 e. The molecule has 116 valence electrons. The highest BCUT2D eigenvalue weighted by molar-refractivity contribution is 5.77. The average molecular weight is 299 g/mol. The van der Waals surface area contributed by atoms with Crippen LogP contribution in [0.5, 0.6) is 0 Å². The number of morpholine rings is 1. The number of nitrogens with two attached hydrogens (primary N) is 1. The Morgan fingerprint density at radius 3 is 2.76 bits per heavy atom. The summed E-state index contributed by atoms with van der Waals surface area (Å²) in [4.78, 5) is 13.6. The summed E-state index contributed by atoms with van der Waals surface area (Å²) in [6.07, 6.45) is -2.35. The van der Waals surface area contributed by atoms with Crippen LogP contribution in [0.4, 0.5) is 20.2 Å². The lowest BCUT2D eigenvalue weighted by atomic mass is 10.1. The summed E-state index contributed by atoms with van der Waals surface area (Å²) < 4.78 is 31.0. The third kappa shape index (κ3) is 4.29. The van der Waals surface area contributed by atoms with Crippen molar-refractivity contribution < 1.29 is 18.3 Å². The Morgan fingerprint density at radius 2 is 2.10 bits per heavy atom. The molecule has 0 bridgehead atoms. The molecule has 0 spiro atoms. The summed E-state index contributed by atoms with van der Waals surface area (Å²) in [6, 6.07) is 4.31. The van der Waals surface area contributed by atoms with Crippen molar-refractivity contribution in [1.29, 1.82) is 0 Å². The van der Waals surface area contributed by atoms with E-state index in [1.165, 1.54) is 12.1 Å². The van der Waals surface area contributed by atoms with E-state index in [1.807, 2.05) is 0 Å². The summed E-state index contributed by atoms with van der Waals surface area (Å²) in [7, 11) is 0. The third-order valence-electron chi connectivity index (χ3n) is 3.33. The molecule has 1 aliphatic rings. The summed E-state index contributed by atoms with van der Waals surface area (Å²) in [5, 5.41) is 2.88. The van der Waals surface area contributed by atoms with Crippen LogP contribution in [0.25, 0.3) is 0 Å². The monoisotopic (exact) mass is 299 g/mol. The summed E-state index contributed by atoms with van der Waals surface area (Å²) in [5.74, 6) is -0.000146. The van der Waals surface area contributed by atoms with Crippen LogP contribution in [0.2, 0.25) is 0 Å². The van der Waals surface area contributed by atoms with Gasteiger partial charge in [-0.15, -0.1) is 0 Å². The van der Waals surface area contributed by atoms with Crippen LogP contribution in [0, 0.1) is 0 Å². The number of amides is 1. The first-order chi connectivity index (χ1) is 10.1. The van der Waals surface area contributed by atoms with Crippen LogP contribution in [0.3, 0.4) is 0 Å². The van der Waals surface area contributed by atoms with Gasteiger partial charge in [-0.3, -0.25) is 4.79 Å². The molecule has 1 aliphatic heterocycles. The third-order valence-corrected chi connectivity index (χ3v) is 3.33. The number of carbonyl (C=O) groups excluding carboxylic acids is 1. The number of nitrogens with zero attached hydrogens (tertiary/aromatic N) is 1. The highest BCUT2D eigenvalue weighted by atomic mass is 19.3. The van der Waals surface area contributed by atoms with Gasteiger partial charge in [-0.25, -0.2) is 8.78 Å². The molecule has 0 aliphatic carbocycles. The zero-order valence-electron chi connectivity index (χ0n) is 11.6. The average Bonchev–Trinajstić information content (AvgIpc) is 2.49. The Morgan fingerprint density at radius 1 is 1.38 bits per heavy atom. The molecule has 7 heteroatoms. The molecular formula is C14H19F2N3O2. The lowest BCUT2D eigenvalue weighted by Crippen LogP contribution is -2.41. The fourth-order valence-electron chi connectivity index (χ4n) is 2.20. The number of hydrogen-bond acceptors (Lipinski definition) is 4. The number of nitrogen functional groups attached to an aromatic ring is 1. The maximum Gasteiger partial charge on any atom is 0.265 e. The van der Waals surface area contributed by atoms with E-state index < -0.39 is 6.43 Å². The second-order valence-corrected chi connectivity index (χ2v) is 4.82. The zero-order valence-corrected chi connectivity index (χ0v) is 11.6. The fourth-order valence-corrected chi connectivity index (χ4v) is 2.20. The van der Waals surface area contributed by atoms with Gasteiger partial charge in [0.2, 0.25) is 5.91 Å². The first kappa shape index (κ1) is 15.5. The van der Waals surface area contributed by atoms with Gasteiger partial charge >= 0.3 is 0 Å². The predicted octanol–water partition coefficient (Wildman–Crippen LogP) is 1.87. The van der Waals surface area contributed by atoms with Crippen LogP contribution < -0.4 is 11.1 Å². The molecule has 0 radical (unpaired) electrons. The maximum absolute atomic E-state index is 12.9. The van der Waals surface area contributed by atoms with Crippen molar-refractivity contribution in [2.24, 2.45) is 0 Å². The van der Waals surface area contributed by atoms with Gasteiger partial charge < -0.3 is 20.7 Å². The second kappa shape index (κ2) is 7.21. The SMILES string of the molecule is Nc1ccc(NCCC(=O)N2CCOCC2)c(C(F)F)c1. The number of alkyl halides is 2. The van der Waals surface area contributed by atoms with E-state index >= 15 is 0 Å². The van der Waals surface area contributed by atoms with E-state index in [0.29, 0.717) is 44.2 Å². The van der Waals surface area contributed by atoms with Crippen LogP contribution in [-0.2, 0) is 9.53 Å². The number of anilines is 2. The maximum atomic E-state index is 12.9. The number of carbonyl (C=O) groups is 1. The minimum absolute atomic E-state index is 0.000146. The first-order valence-electron chi connectivity index (χ1n) is 6.85. The molecule has 3 N–H and O–H groups in total. The molecule has 0 atom stereocenters. The van der Waals surface area contributed by atoms with Crippen LogP contribution >= 0.6 is 0 Å². The molecule has 1 aromatic rings. The van der Waals surface area contributed by atoms with E-state index in [9.17, 15) is 13.6 Å². The molecule has 0 aromatic heterocycles. The molecular weight excluding hydrogens is 280 g/mol. The Balaban J connectivity index is 1.87. The van der Waals surface area contributed by atoms with Crippen molar-refractivity contribution in [3.05, 3.63) is 23.8 Å². The van der Waals surface area contributed by atoms with Crippen molar-refractivity contribution in [3.63, 3.8) is 0 Å². The highest BCUT2D eigenvalue weighted by Gasteiger charge is 2.17. The molecule has 1 amide bonds. The van der Waals surface area contributed by atoms with Crippen molar-refractivity contribution in [3.8, 4) is 0 Å². The lowest BCUT2D eigenvalue weighted by Gasteiger charge is -2.27. The van der Waals surface area contributed by atoms with Crippen LogP contribution in [-0.4, -0.2) is 43.7 Å². The molecule has 2 rings (SSSR count). The Bertz CT molecular complexity index is 491. The van der Waals surface area contributed by atoms with E-state index in [1.54, 1.807) is 11.0 Å². The Hall–Kier alpha value is -1.89. The Kier molecular flexibility index (Phi) is 5.32. The zero-order chi connectivity index (χ0) is 15.2.